The lowest BCUT2D eigenvalue weighted by Crippen LogP contribution is -2.36. The second-order valence-electron chi connectivity index (χ2n) is 9.27. The van der Waals surface area contributed by atoms with Crippen molar-refractivity contribution in [1.82, 2.24) is 14.7 Å². The molecule has 1 aliphatic heterocycles. The number of carbonyl (C=O) groups excluding carboxylic acids is 2. The maximum absolute atomic E-state index is 12.9. The number of aromatic nitrogens is 2. The zero-order valence-corrected chi connectivity index (χ0v) is 19.9. The van der Waals surface area contributed by atoms with Gasteiger partial charge in [-0.3, -0.25) is 10.2 Å². The van der Waals surface area contributed by atoms with Crippen molar-refractivity contribution in [3.05, 3.63) is 71.9 Å². The Morgan fingerprint density at radius 3 is 2.32 bits per heavy atom. The molecule has 3 aromatic rings. The Balaban J connectivity index is 1.67. The van der Waals surface area contributed by atoms with Gasteiger partial charge in [-0.15, -0.1) is 0 Å². The van der Waals surface area contributed by atoms with Gasteiger partial charge in [0, 0.05) is 12.1 Å². The zero-order chi connectivity index (χ0) is 24.3. The third kappa shape index (κ3) is 5.22. The number of benzene rings is 2. The Hall–Kier alpha value is -3.81. The van der Waals surface area contributed by atoms with E-state index in [0.717, 1.165) is 29.8 Å². The molecular weight excluding hydrogens is 432 g/mol. The van der Waals surface area contributed by atoms with Crippen LogP contribution in [0.5, 0.6) is 5.75 Å². The minimum atomic E-state index is -0.617. The number of nitrogens with zero attached hydrogens (tertiary/aromatic N) is 3. The maximum atomic E-state index is 12.9. The minimum Gasteiger partial charge on any atom is -0.444 e. The summed E-state index contributed by atoms with van der Waals surface area (Å²) < 4.78 is 12.7. The van der Waals surface area contributed by atoms with Crippen LogP contribution in [-0.2, 0) is 4.74 Å². The molecule has 4 rings (SSSR count). The van der Waals surface area contributed by atoms with Gasteiger partial charge in [-0.1, -0.05) is 36.4 Å². The van der Waals surface area contributed by atoms with E-state index in [1.165, 1.54) is 0 Å². The van der Waals surface area contributed by atoms with E-state index in [2.05, 4.69) is 5.32 Å². The van der Waals surface area contributed by atoms with Crippen molar-refractivity contribution in [3.8, 4) is 11.4 Å². The Labute approximate surface area is 199 Å². The van der Waals surface area contributed by atoms with Crippen LogP contribution in [0.4, 0.5) is 15.4 Å². The van der Waals surface area contributed by atoms with Crippen molar-refractivity contribution in [2.45, 2.75) is 52.2 Å². The summed E-state index contributed by atoms with van der Waals surface area (Å²) >= 11 is 0. The summed E-state index contributed by atoms with van der Waals surface area (Å²) in [5, 5.41) is 7.70. The molecule has 1 fully saturated rings. The van der Waals surface area contributed by atoms with Gasteiger partial charge in [0.1, 0.15) is 17.2 Å². The molecule has 0 aliphatic carbocycles. The van der Waals surface area contributed by atoms with Crippen molar-refractivity contribution >= 4 is 18.0 Å². The molecule has 8 heteroatoms. The summed E-state index contributed by atoms with van der Waals surface area (Å²) in [6.45, 7) is 8.05. The average molecular weight is 463 g/mol. The lowest BCUT2D eigenvalue weighted by molar-refractivity contribution is 0.0221. The molecule has 1 saturated heterocycles. The van der Waals surface area contributed by atoms with Gasteiger partial charge in [-0.25, -0.2) is 14.3 Å². The molecule has 0 saturated carbocycles. The van der Waals surface area contributed by atoms with Crippen LogP contribution in [0, 0.1) is 6.92 Å². The van der Waals surface area contributed by atoms with Crippen LogP contribution in [0.3, 0.4) is 0 Å². The monoisotopic (exact) mass is 462 g/mol. The van der Waals surface area contributed by atoms with Gasteiger partial charge in [0.15, 0.2) is 0 Å². The average Bonchev–Trinajstić information content (AvgIpc) is 3.39. The van der Waals surface area contributed by atoms with Crippen molar-refractivity contribution in [2.75, 3.05) is 11.9 Å². The number of hydrogen-bond donors (Lipinski definition) is 1. The van der Waals surface area contributed by atoms with E-state index in [-0.39, 0.29) is 12.1 Å². The third-order valence-electron chi connectivity index (χ3n) is 5.53. The highest BCUT2D eigenvalue weighted by Gasteiger charge is 2.36. The number of rotatable bonds is 4. The largest absolute Gasteiger partial charge is 0.444 e. The smallest absolute Gasteiger partial charge is 0.418 e. The van der Waals surface area contributed by atoms with Gasteiger partial charge in [0.05, 0.1) is 17.4 Å². The number of likely N-dealkylation sites (tertiary alicyclic amines) is 1. The van der Waals surface area contributed by atoms with Gasteiger partial charge in [0.2, 0.25) is 0 Å². The molecule has 2 aromatic carbocycles. The molecule has 2 amide bonds. The van der Waals surface area contributed by atoms with Crippen LogP contribution in [0.25, 0.3) is 5.69 Å². The van der Waals surface area contributed by atoms with Gasteiger partial charge < -0.3 is 9.47 Å². The fraction of sp³-hybridized carbons (Fsp3) is 0.346. The summed E-state index contributed by atoms with van der Waals surface area (Å²) in [6.07, 6.45) is 0.634. The molecule has 1 atom stereocenters. The van der Waals surface area contributed by atoms with E-state index in [1.807, 2.05) is 64.1 Å². The van der Waals surface area contributed by atoms with E-state index in [4.69, 9.17) is 14.6 Å². The van der Waals surface area contributed by atoms with Crippen LogP contribution < -0.4 is 10.1 Å². The van der Waals surface area contributed by atoms with E-state index in [0.29, 0.717) is 18.1 Å². The van der Waals surface area contributed by atoms with Crippen LogP contribution in [-0.4, -0.2) is 39.0 Å². The normalized spacial score (nSPS) is 15.8. The van der Waals surface area contributed by atoms with Crippen LogP contribution in [0.1, 0.15) is 50.9 Å². The number of carbonyl (C=O) groups is 2. The second-order valence-corrected chi connectivity index (χ2v) is 9.27. The predicted octanol–water partition coefficient (Wildman–Crippen LogP) is 5.86. The molecular formula is C26H30N4O4. The molecule has 0 radical (unpaired) electrons. The number of para-hydroxylation sites is 2. The lowest BCUT2D eigenvalue weighted by atomic mass is 10.1. The summed E-state index contributed by atoms with van der Waals surface area (Å²) in [4.78, 5) is 27.3. The molecule has 0 bridgehead atoms. The minimum absolute atomic E-state index is 0.245. The first-order valence-corrected chi connectivity index (χ1v) is 11.4. The molecule has 178 valence electrons. The van der Waals surface area contributed by atoms with Crippen molar-refractivity contribution < 1.29 is 19.1 Å². The Morgan fingerprint density at radius 1 is 1.03 bits per heavy atom. The molecule has 8 nitrogen and oxygen atoms in total. The van der Waals surface area contributed by atoms with Crippen molar-refractivity contribution in [3.63, 3.8) is 0 Å². The SMILES string of the molecule is Cc1c([C@H]2CCCN2C(=O)OC(C)(C)C)nn(-c2ccccc2)c1NC(=O)Oc1ccccc1. The molecule has 1 aliphatic rings. The standard InChI is InChI=1S/C26H30N4O4/c1-18-22(21-16-11-17-29(21)25(32)34-26(2,3)4)28-30(19-12-7-5-8-13-19)23(18)27-24(31)33-20-14-9-6-10-15-20/h5-10,12-15,21H,11,16-17H2,1-4H3,(H,27,31)/t21-/m1/s1. The highest BCUT2D eigenvalue weighted by molar-refractivity contribution is 5.87. The van der Waals surface area contributed by atoms with Crippen LogP contribution in [0.15, 0.2) is 60.7 Å². The lowest BCUT2D eigenvalue weighted by Gasteiger charge is -2.28. The molecule has 2 heterocycles. The number of ether oxygens (including phenoxy) is 2. The summed E-state index contributed by atoms with van der Waals surface area (Å²) in [7, 11) is 0. The molecule has 0 unspecified atom stereocenters. The Morgan fingerprint density at radius 2 is 1.68 bits per heavy atom. The van der Waals surface area contributed by atoms with Gasteiger partial charge in [0.25, 0.3) is 0 Å². The first kappa shape index (κ1) is 23.4. The van der Waals surface area contributed by atoms with Crippen molar-refractivity contribution in [2.24, 2.45) is 0 Å². The van der Waals surface area contributed by atoms with E-state index >= 15 is 0 Å². The summed E-state index contributed by atoms with van der Waals surface area (Å²) in [5.41, 5.74) is 1.70. The Bertz CT molecular complexity index is 1150. The van der Waals surface area contributed by atoms with E-state index in [1.54, 1.807) is 33.8 Å². The maximum Gasteiger partial charge on any atom is 0.418 e. The highest BCUT2D eigenvalue weighted by Crippen LogP contribution is 2.37. The first-order valence-electron chi connectivity index (χ1n) is 11.4. The topological polar surface area (TPSA) is 85.7 Å². The van der Waals surface area contributed by atoms with Crippen LogP contribution >= 0.6 is 0 Å². The fourth-order valence-corrected chi connectivity index (χ4v) is 4.04. The van der Waals surface area contributed by atoms with Gasteiger partial charge >= 0.3 is 12.2 Å². The molecule has 34 heavy (non-hydrogen) atoms. The number of amides is 2. The fourth-order valence-electron chi connectivity index (χ4n) is 4.04. The second kappa shape index (κ2) is 9.59. The first-order chi connectivity index (χ1) is 16.2. The molecule has 0 spiro atoms. The van der Waals surface area contributed by atoms with E-state index in [9.17, 15) is 9.59 Å². The summed E-state index contributed by atoms with van der Waals surface area (Å²) in [6, 6.07) is 18.2. The van der Waals surface area contributed by atoms with Gasteiger partial charge in [-0.05, 0) is 64.8 Å². The Kier molecular flexibility index (Phi) is 6.58. The zero-order valence-electron chi connectivity index (χ0n) is 19.9. The van der Waals surface area contributed by atoms with Crippen LogP contribution in [0.2, 0.25) is 0 Å². The molecule has 1 aromatic heterocycles. The van der Waals surface area contributed by atoms with E-state index < -0.39 is 11.7 Å². The number of nitrogens with one attached hydrogen (secondary N) is 1. The quantitative estimate of drug-likeness (QED) is 0.525. The highest BCUT2D eigenvalue weighted by atomic mass is 16.6. The third-order valence-corrected chi connectivity index (χ3v) is 5.53. The summed E-state index contributed by atoms with van der Waals surface area (Å²) in [5.74, 6) is 0.939. The van der Waals surface area contributed by atoms with Crippen molar-refractivity contribution in [1.29, 1.82) is 0 Å². The van der Waals surface area contributed by atoms with Gasteiger partial charge in [-0.2, -0.15) is 5.10 Å². The number of anilines is 1. The molecule has 1 N–H and O–H groups in total. The predicted molar refractivity (Wildman–Crippen MR) is 129 cm³/mol. The number of hydrogen-bond acceptors (Lipinski definition) is 5.